The zero-order valence-electron chi connectivity index (χ0n) is 13.8. The minimum Gasteiger partial charge on any atom is -0.466 e. The van der Waals surface area contributed by atoms with Crippen molar-refractivity contribution < 1.29 is 9.47 Å². The second-order valence-electron chi connectivity index (χ2n) is 6.27. The van der Waals surface area contributed by atoms with Gasteiger partial charge in [0.15, 0.2) is 11.9 Å². The Morgan fingerprint density at radius 2 is 2.12 bits per heavy atom. The fraction of sp³-hybridized carbons (Fsp3) is 0.389. The van der Waals surface area contributed by atoms with Gasteiger partial charge in [0.2, 0.25) is 5.88 Å². The van der Waals surface area contributed by atoms with Crippen molar-refractivity contribution in [2.75, 3.05) is 12.4 Å². The summed E-state index contributed by atoms with van der Waals surface area (Å²) in [5, 5.41) is 11.8. The summed E-state index contributed by atoms with van der Waals surface area (Å²) in [4.78, 5) is 4.38. The van der Waals surface area contributed by atoms with Crippen LogP contribution in [0.4, 0.5) is 5.69 Å². The number of fused-ring (bicyclic) bond motifs is 3. The molecule has 6 heteroatoms. The van der Waals surface area contributed by atoms with Crippen LogP contribution in [0.3, 0.4) is 0 Å². The van der Waals surface area contributed by atoms with Gasteiger partial charge in [-0.15, -0.1) is 5.10 Å². The molecule has 2 unspecified atom stereocenters. The molecule has 0 fully saturated rings. The van der Waals surface area contributed by atoms with E-state index in [0.717, 1.165) is 30.5 Å². The van der Waals surface area contributed by atoms with E-state index in [-0.39, 0.29) is 12.2 Å². The molecule has 1 aromatic heterocycles. The van der Waals surface area contributed by atoms with E-state index in [4.69, 9.17) is 9.47 Å². The van der Waals surface area contributed by atoms with Gasteiger partial charge in [0.05, 0.1) is 7.11 Å². The van der Waals surface area contributed by atoms with E-state index in [1.54, 1.807) is 0 Å². The first-order chi connectivity index (χ1) is 11.7. The Labute approximate surface area is 140 Å². The minimum absolute atomic E-state index is 0.154. The summed E-state index contributed by atoms with van der Waals surface area (Å²) >= 11 is 0. The number of anilines is 1. The molecule has 0 amide bonds. The van der Waals surface area contributed by atoms with Crippen LogP contribution in [-0.4, -0.2) is 28.5 Å². The number of hydrogen-bond donors (Lipinski definition) is 1. The average Bonchev–Trinajstić information content (AvgIpc) is 2.78. The van der Waals surface area contributed by atoms with Gasteiger partial charge in [-0.2, -0.15) is 4.98 Å². The molecule has 6 nitrogen and oxygen atoms in total. The quantitative estimate of drug-likeness (QED) is 0.854. The number of aromatic nitrogens is 3. The summed E-state index contributed by atoms with van der Waals surface area (Å²) in [6, 6.07) is 8.23. The van der Waals surface area contributed by atoms with Crippen molar-refractivity contribution in [3.8, 4) is 23.1 Å². The van der Waals surface area contributed by atoms with Gasteiger partial charge in [-0.25, -0.2) is 0 Å². The zero-order chi connectivity index (χ0) is 16.5. The number of para-hydroxylation sites is 1. The smallest absolute Gasteiger partial charge is 0.338 e. The van der Waals surface area contributed by atoms with Crippen molar-refractivity contribution in [3.63, 3.8) is 0 Å². The topological polar surface area (TPSA) is 69.2 Å². The Balaban J connectivity index is 1.76. The van der Waals surface area contributed by atoms with Gasteiger partial charge in [-0.3, -0.25) is 0 Å². The fourth-order valence-electron chi connectivity index (χ4n) is 3.23. The van der Waals surface area contributed by atoms with E-state index in [2.05, 4.69) is 33.5 Å². The van der Waals surface area contributed by atoms with Crippen LogP contribution in [0.15, 0.2) is 35.9 Å². The number of methoxy groups -OCH3 is 1. The van der Waals surface area contributed by atoms with Crippen molar-refractivity contribution in [1.82, 2.24) is 15.2 Å². The third kappa shape index (κ3) is 2.68. The Morgan fingerprint density at radius 3 is 2.92 bits per heavy atom. The maximum Gasteiger partial charge on any atom is 0.338 e. The van der Waals surface area contributed by atoms with Gasteiger partial charge in [0.25, 0.3) is 0 Å². The lowest BCUT2D eigenvalue weighted by molar-refractivity contribution is 0.144. The number of nitrogens with zero attached hydrogens (tertiary/aromatic N) is 3. The van der Waals surface area contributed by atoms with Gasteiger partial charge in [-0.1, -0.05) is 34.9 Å². The maximum absolute atomic E-state index is 6.22. The third-order valence-corrected chi connectivity index (χ3v) is 4.64. The second-order valence-corrected chi connectivity index (χ2v) is 6.27. The van der Waals surface area contributed by atoms with Crippen LogP contribution in [0.2, 0.25) is 0 Å². The Morgan fingerprint density at radius 1 is 1.25 bits per heavy atom. The summed E-state index contributed by atoms with van der Waals surface area (Å²) in [6.45, 7) is 2.18. The molecule has 0 saturated carbocycles. The summed E-state index contributed by atoms with van der Waals surface area (Å²) in [7, 11) is 1.53. The number of hydrogen-bond acceptors (Lipinski definition) is 6. The Hall–Kier alpha value is -2.63. The van der Waals surface area contributed by atoms with Crippen molar-refractivity contribution in [3.05, 3.63) is 35.9 Å². The molecule has 0 saturated heterocycles. The lowest BCUT2D eigenvalue weighted by atomic mass is 9.89. The molecule has 0 bridgehead atoms. The first-order valence-electron chi connectivity index (χ1n) is 8.21. The number of nitrogens with one attached hydrogen (secondary N) is 1. The van der Waals surface area contributed by atoms with Crippen LogP contribution in [0.5, 0.6) is 11.9 Å². The highest BCUT2D eigenvalue weighted by molar-refractivity contribution is 5.79. The standard InChI is InChI=1S/C18H20N4O2/c1-11-7-9-12(10-8-11)16-19-14-6-4-3-5-13(14)15-17(24-16)20-18(23-2)22-21-15/h3-7,12,16,19H,8-10H2,1-2H3. The summed E-state index contributed by atoms with van der Waals surface area (Å²) in [6.07, 6.45) is 5.34. The highest BCUT2D eigenvalue weighted by atomic mass is 16.5. The SMILES string of the molecule is COc1nnc2c(n1)OC(C1CC=C(C)CC1)Nc1ccccc1-2. The number of rotatable bonds is 2. The predicted molar refractivity (Wildman–Crippen MR) is 91.0 cm³/mol. The van der Waals surface area contributed by atoms with Gasteiger partial charge in [-0.05, 0) is 32.3 Å². The average molecular weight is 324 g/mol. The third-order valence-electron chi connectivity index (χ3n) is 4.64. The van der Waals surface area contributed by atoms with Crippen LogP contribution < -0.4 is 14.8 Å². The van der Waals surface area contributed by atoms with Gasteiger partial charge >= 0.3 is 6.01 Å². The highest BCUT2D eigenvalue weighted by Crippen LogP contribution is 2.39. The van der Waals surface area contributed by atoms with Crippen LogP contribution in [0.1, 0.15) is 26.2 Å². The van der Waals surface area contributed by atoms with Crippen LogP contribution in [-0.2, 0) is 0 Å². The maximum atomic E-state index is 6.22. The van der Waals surface area contributed by atoms with E-state index in [9.17, 15) is 0 Å². The first kappa shape index (κ1) is 14.9. The fourth-order valence-corrected chi connectivity index (χ4v) is 3.23. The molecular formula is C18H20N4O2. The number of benzene rings is 1. The predicted octanol–water partition coefficient (Wildman–Crippen LogP) is 3.42. The van der Waals surface area contributed by atoms with E-state index in [0.29, 0.717) is 17.5 Å². The molecule has 1 aliphatic carbocycles. The molecule has 24 heavy (non-hydrogen) atoms. The second kappa shape index (κ2) is 6.11. The van der Waals surface area contributed by atoms with Crippen LogP contribution in [0, 0.1) is 5.92 Å². The van der Waals surface area contributed by atoms with Crippen molar-refractivity contribution in [1.29, 1.82) is 0 Å². The summed E-state index contributed by atoms with van der Waals surface area (Å²) in [5.74, 6) is 0.851. The first-order valence-corrected chi connectivity index (χ1v) is 8.21. The van der Waals surface area contributed by atoms with E-state index >= 15 is 0 Å². The molecule has 0 spiro atoms. The molecule has 4 rings (SSSR count). The number of ether oxygens (including phenoxy) is 2. The van der Waals surface area contributed by atoms with Gasteiger partial charge < -0.3 is 14.8 Å². The molecular weight excluding hydrogens is 304 g/mol. The largest absolute Gasteiger partial charge is 0.466 e. The van der Waals surface area contributed by atoms with Gasteiger partial charge in [0.1, 0.15) is 0 Å². The molecule has 1 N–H and O–H groups in total. The van der Waals surface area contributed by atoms with Crippen LogP contribution in [0.25, 0.3) is 11.3 Å². The highest BCUT2D eigenvalue weighted by Gasteiger charge is 2.31. The molecule has 2 aliphatic rings. The lowest BCUT2D eigenvalue weighted by Crippen LogP contribution is -2.35. The zero-order valence-corrected chi connectivity index (χ0v) is 13.8. The van der Waals surface area contributed by atoms with E-state index in [1.165, 1.54) is 12.7 Å². The lowest BCUT2D eigenvalue weighted by Gasteiger charge is -2.29. The molecule has 0 radical (unpaired) electrons. The molecule has 124 valence electrons. The van der Waals surface area contributed by atoms with Crippen molar-refractivity contribution >= 4 is 5.69 Å². The normalized spacial score (nSPS) is 22.2. The van der Waals surface area contributed by atoms with E-state index in [1.807, 2.05) is 24.3 Å². The van der Waals surface area contributed by atoms with Crippen molar-refractivity contribution in [2.24, 2.45) is 5.92 Å². The van der Waals surface area contributed by atoms with E-state index < -0.39 is 0 Å². The van der Waals surface area contributed by atoms with Gasteiger partial charge in [0, 0.05) is 17.2 Å². The summed E-state index contributed by atoms with van der Waals surface area (Å²) in [5.41, 5.74) is 4.03. The molecule has 1 aliphatic heterocycles. The molecule has 2 atom stereocenters. The summed E-state index contributed by atoms with van der Waals surface area (Å²) < 4.78 is 11.3. The monoisotopic (exact) mass is 324 g/mol. The minimum atomic E-state index is -0.154. The molecule has 2 heterocycles. The van der Waals surface area contributed by atoms with Crippen LogP contribution >= 0.6 is 0 Å². The number of allylic oxidation sites excluding steroid dienone is 2. The molecule has 1 aromatic carbocycles. The Bertz CT molecular complexity index is 790. The Kier molecular flexibility index (Phi) is 3.80. The molecule has 2 aromatic rings. The van der Waals surface area contributed by atoms with Crippen molar-refractivity contribution in [2.45, 2.75) is 32.4 Å².